The van der Waals surface area contributed by atoms with Crippen LogP contribution in [-0.2, 0) is 37.8 Å². The summed E-state index contributed by atoms with van der Waals surface area (Å²) in [6.07, 6.45) is 6.54. The number of carbonyl (C=O) groups is 1. The quantitative estimate of drug-likeness (QED) is 0.378. The van der Waals surface area contributed by atoms with Crippen LogP contribution in [0.5, 0.6) is 5.75 Å². The summed E-state index contributed by atoms with van der Waals surface area (Å²) in [5.41, 5.74) is 8.02. The molecule has 0 fully saturated rings. The van der Waals surface area contributed by atoms with Crippen molar-refractivity contribution in [2.45, 2.75) is 50.8 Å². The van der Waals surface area contributed by atoms with E-state index in [1.165, 1.54) is 34.2 Å². The number of rotatable bonds is 8. The third-order valence-corrected chi connectivity index (χ3v) is 7.44. The van der Waals surface area contributed by atoms with Gasteiger partial charge in [-0.1, -0.05) is 35.5 Å². The highest BCUT2D eigenvalue weighted by atomic mass is 16.5. The van der Waals surface area contributed by atoms with E-state index >= 15 is 0 Å². The maximum absolute atomic E-state index is 11.4. The number of hydrogen-bond acceptors (Lipinski definition) is 6. The number of hydrogen-bond donors (Lipinski definition) is 1. The van der Waals surface area contributed by atoms with Crippen LogP contribution < -0.4 is 4.74 Å². The molecular weight excluding hydrogens is 468 g/mol. The van der Waals surface area contributed by atoms with Gasteiger partial charge in [-0.3, -0.25) is 14.4 Å². The average Bonchev–Trinajstić information content (AvgIpc) is 3.63. The zero-order valence-electron chi connectivity index (χ0n) is 20.8. The molecule has 37 heavy (non-hydrogen) atoms. The lowest BCUT2D eigenvalue weighted by molar-refractivity contribution is -0.137. The van der Waals surface area contributed by atoms with E-state index < -0.39 is 5.97 Å². The summed E-state index contributed by atoms with van der Waals surface area (Å²) in [6, 6.07) is 16.2. The van der Waals surface area contributed by atoms with Gasteiger partial charge in [0.1, 0.15) is 18.1 Å². The van der Waals surface area contributed by atoms with Gasteiger partial charge in [0.15, 0.2) is 0 Å². The summed E-state index contributed by atoms with van der Waals surface area (Å²) in [6.45, 7) is 2.93. The first-order valence-electron chi connectivity index (χ1n) is 12.8. The molecule has 3 heterocycles. The minimum absolute atomic E-state index is 0.0215. The van der Waals surface area contributed by atoms with Crippen molar-refractivity contribution in [1.29, 1.82) is 0 Å². The van der Waals surface area contributed by atoms with Gasteiger partial charge in [-0.2, -0.15) is 5.10 Å². The molecule has 0 amide bonds. The molecule has 0 saturated carbocycles. The molecular formula is C29H30N4O4. The van der Waals surface area contributed by atoms with E-state index in [0.29, 0.717) is 5.69 Å². The van der Waals surface area contributed by atoms with E-state index in [4.69, 9.17) is 9.26 Å². The Morgan fingerprint density at radius 3 is 2.81 bits per heavy atom. The van der Waals surface area contributed by atoms with Crippen molar-refractivity contribution in [1.82, 2.24) is 19.8 Å². The first kappa shape index (κ1) is 23.5. The summed E-state index contributed by atoms with van der Waals surface area (Å²) < 4.78 is 13.2. The molecule has 1 unspecified atom stereocenters. The third-order valence-electron chi connectivity index (χ3n) is 7.44. The third kappa shape index (κ3) is 5.02. The van der Waals surface area contributed by atoms with Crippen molar-refractivity contribution in [3.63, 3.8) is 0 Å². The Bertz CT molecular complexity index is 1390. The lowest BCUT2D eigenvalue weighted by atomic mass is 9.92. The van der Waals surface area contributed by atoms with Gasteiger partial charge in [-0.05, 0) is 47.2 Å². The molecule has 8 heteroatoms. The Morgan fingerprint density at radius 2 is 2.03 bits per heavy atom. The van der Waals surface area contributed by atoms with E-state index in [2.05, 4.69) is 39.6 Å². The molecule has 0 spiro atoms. The molecule has 0 bridgehead atoms. The summed E-state index contributed by atoms with van der Waals surface area (Å²) in [5.74, 6) is -0.460. The number of ether oxygens (including phenoxy) is 1. The second-order valence-corrected chi connectivity index (χ2v) is 10.1. The predicted molar refractivity (Wildman–Crippen MR) is 136 cm³/mol. The van der Waals surface area contributed by atoms with Crippen molar-refractivity contribution >= 4 is 5.97 Å². The van der Waals surface area contributed by atoms with E-state index in [0.717, 1.165) is 50.2 Å². The highest BCUT2D eigenvalue weighted by Gasteiger charge is 2.26. The topological polar surface area (TPSA) is 93.6 Å². The van der Waals surface area contributed by atoms with E-state index in [9.17, 15) is 9.90 Å². The van der Waals surface area contributed by atoms with Crippen molar-refractivity contribution in [3.05, 3.63) is 100 Å². The van der Waals surface area contributed by atoms with Gasteiger partial charge in [-0.25, -0.2) is 0 Å². The van der Waals surface area contributed by atoms with Crippen LogP contribution in [0.25, 0.3) is 0 Å². The van der Waals surface area contributed by atoms with Crippen LogP contribution in [0.2, 0.25) is 0 Å². The highest BCUT2D eigenvalue weighted by molar-refractivity contribution is 5.68. The Morgan fingerprint density at radius 1 is 1.16 bits per heavy atom. The van der Waals surface area contributed by atoms with Crippen molar-refractivity contribution in [3.8, 4) is 5.75 Å². The van der Waals surface area contributed by atoms with Crippen LogP contribution in [0.3, 0.4) is 0 Å². The summed E-state index contributed by atoms with van der Waals surface area (Å²) in [5, 5.41) is 17.9. The summed E-state index contributed by atoms with van der Waals surface area (Å²) in [7, 11) is 1.99. The molecule has 1 aliphatic heterocycles. The average molecular weight is 499 g/mol. The molecule has 6 rings (SSSR count). The van der Waals surface area contributed by atoms with E-state index in [1.807, 2.05) is 36.0 Å². The molecule has 1 N–H and O–H groups in total. The second kappa shape index (κ2) is 9.86. The zero-order chi connectivity index (χ0) is 25.4. The molecule has 2 aromatic carbocycles. The standard InChI is InChI=1S/C29H30N4O4/c1-32-17-22-18-33(12-10-26(22)30-32)16-19-2-8-24-21(14-19)5-9-28(24)37-23-6-3-20(4-7-23)25(15-29(34)35)27-11-13-36-31-27/h2-4,6-8,11,13-14,17,25,28H,5,9-10,12,15-16,18H2,1H3,(H,34,35)/t25?,28-/m1/s1. The number of aromatic nitrogens is 3. The van der Waals surface area contributed by atoms with E-state index in [-0.39, 0.29) is 18.4 Å². The largest absolute Gasteiger partial charge is 0.486 e. The second-order valence-electron chi connectivity index (χ2n) is 10.1. The van der Waals surface area contributed by atoms with Gasteiger partial charge in [0, 0.05) is 56.8 Å². The molecule has 2 atom stereocenters. The van der Waals surface area contributed by atoms with Crippen LogP contribution in [-0.4, -0.2) is 37.5 Å². The lowest BCUT2D eigenvalue weighted by Gasteiger charge is -2.26. The number of carboxylic acids is 1. The first-order valence-corrected chi connectivity index (χ1v) is 12.8. The van der Waals surface area contributed by atoms with Gasteiger partial charge in [0.05, 0.1) is 17.8 Å². The normalized spacial score (nSPS) is 17.8. The Kier molecular flexibility index (Phi) is 6.26. The number of aryl methyl sites for hydroxylation is 2. The molecule has 2 aromatic heterocycles. The van der Waals surface area contributed by atoms with Gasteiger partial charge in [0.2, 0.25) is 0 Å². The highest BCUT2D eigenvalue weighted by Crippen LogP contribution is 2.37. The van der Waals surface area contributed by atoms with Gasteiger partial charge < -0.3 is 14.4 Å². The van der Waals surface area contributed by atoms with Crippen LogP contribution in [0, 0.1) is 0 Å². The van der Waals surface area contributed by atoms with Crippen LogP contribution in [0.15, 0.2) is 65.5 Å². The number of fused-ring (bicyclic) bond motifs is 2. The fourth-order valence-corrected chi connectivity index (χ4v) is 5.67. The van der Waals surface area contributed by atoms with Crippen molar-refractivity contribution in [2.24, 2.45) is 7.05 Å². The monoisotopic (exact) mass is 498 g/mol. The summed E-state index contributed by atoms with van der Waals surface area (Å²) in [4.78, 5) is 13.9. The number of nitrogens with zero attached hydrogens (tertiary/aromatic N) is 4. The number of benzene rings is 2. The first-order chi connectivity index (χ1) is 18.0. The molecule has 0 saturated heterocycles. The maximum Gasteiger partial charge on any atom is 0.304 e. The Hall–Kier alpha value is -3.91. The molecule has 4 aromatic rings. The number of aliphatic carboxylic acids is 1. The van der Waals surface area contributed by atoms with Gasteiger partial charge in [-0.15, -0.1) is 0 Å². The molecule has 0 radical (unpaired) electrons. The van der Waals surface area contributed by atoms with Crippen LogP contribution in [0.1, 0.15) is 64.1 Å². The molecule has 1 aliphatic carbocycles. The van der Waals surface area contributed by atoms with Gasteiger partial charge in [0.25, 0.3) is 0 Å². The van der Waals surface area contributed by atoms with Crippen molar-refractivity contribution < 1.29 is 19.2 Å². The lowest BCUT2D eigenvalue weighted by Crippen LogP contribution is -2.29. The van der Waals surface area contributed by atoms with E-state index in [1.54, 1.807) is 6.07 Å². The fourth-order valence-electron chi connectivity index (χ4n) is 5.67. The molecule has 190 valence electrons. The minimum atomic E-state index is -0.877. The smallest absolute Gasteiger partial charge is 0.304 e. The van der Waals surface area contributed by atoms with Crippen molar-refractivity contribution in [2.75, 3.05) is 6.54 Å². The Labute approximate surface area is 215 Å². The van der Waals surface area contributed by atoms with Crippen LogP contribution in [0.4, 0.5) is 0 Å². The zero-order valence-corrected chi connectivity index (χ0v) is 20.8. The molecule has 8 nitrogen and oxygen atoms in total. The summed E-state index contributed by atoms with van der Waals surface area (Å²) >= 11 is 0. The van der Waals surface area contributed by atoms with Gasteiger partial charge >= 0.3 is 5.97 Å². The van der Waals surface area contributed by atoms with Crippen LogP contribution >= 0.6 is 0 Å². The molecule has 2 aliphatic rings. The SMILES string of the molecule is Cn1cc2c(n1)CCN(Cc1ccc3c(c1)CC[C@H]3Oc1ccc(C(CC(=O)O)c3ccon3)cc1)C2. The fraction of sp³-hybridized carbons (Fsp3) is 0.345. The Balaban J connectivity index is 1.11. The maximum atomic E-state index is 11.4. The predicted octanol–water partition coefficient (Wildman–Crippen LogP) is 4.64. The number of carboxylic acid groups (broad SMARTS) is 1. The minimum Gasteiger partial charge on any atom is -0.486 e.